The van der Waals surface area contributed by atoms with Crippen LogP contribution < -0.4 is 5.32 Å². The number of hydrogen-bond acceptors (Lipinski definition) is 3. The van der Waals surface area contributed by atoms with E-state index < -0.39 is 0 Å². The lowest BCUT2D eigenvalue weighted by molar-refractivity contribution is -0.129. The molecule has 1 atom stereocenters. The van der Waals surface area contributed by atoms with E-state index in [1.807, 2.05) is 14.1 Å². The van der Waals surface area contributed by atoms with Crippen LogP contribution >= 0.6 is 0 Å². The minimum atomic E-state index is -0.295. The Bertz CT molecular complexity index is 545. The number of amides is 2. The van der Waals surface area contributed by atoms with Crippen molar-refractivity contribution in [2.45, 2.75) is 19.4 Å². The second-order valence-electron chi connectivity index (χ2n) is 6.25. The highest BCUT2D eigenvalue weighted by molar-refractivity contribution is 5.89. The third kappa shape index (κ3) is 5.32. The molecule has 1 saturated heterocycles. The maximum absolute atomic E-state index is 12.9. The Morgan fingerprint density at radius 2 is 2.04 bits per heavy atom. The number of carbonyl (C=O) groups excluding carboxylic acids is 2. The van der Waals surface area contributed by atoms with E-state index in [9.17, 15) is 14.0 Å². The first-order valence-corrected chi connectivity index (χ1v) is 7.90. The molecule has 0 radical (unpaired) electrons. The minimum absolute atomic E-state index is 0.0252. The molecule has 23 heavy (non-hydrogen) atoms. The number of carbonyl (C=O) groups is 2. The first-order chi connectivity index (χ1) is 11.0. The predicted molar refractivity (Wildman–Crippen MR) is 86.1 cm³/mol. The molecular weight excluding hydrogens is 297 g/mol. The zero-order chi connectivity index (χ0) is 16.8. The summed E-state index contributed by atoms with van der Waals surface area (Å²) < 4.78 is 12.9. The van der Waals surface area contributed by atoms with Gasteiger partial charge in [-0.05, 0) is 44.8 Å². The van der Waals surface area contributed by atoms with E-state index in [-0.39, 0.29) is 30.0 Å². The van der Waals surface area contributed by atoms with E-state index in [2.05, 4.69) is 10.2 Å². The maximum atomic E-state index is 12.9. The van der Waals surface area contributed by atoms with Crippen LogP contribution in [0.3, 0.4) is 0 Å². The minimum Gasteiger partial charge on any atom is -0.356 e. The van der Waals surface area contributed by atoms with Crippen LogP contribution in [0.4, 0.5) is 4.39 Å². The number of halogens is 1. The molecule has 1 aromatic carbocycles. The van der Waals surface area contributed by atoms with Gasteiger partial charge in [0.25, 0.3) is 0 Å². The van der Waals surface area contributed by atoms with Crippen LogP contribution in [0, 0.1) is 11.7 Å². The quantitative estimate of drug-likeness (QED) is 0.769. The van der Waals surface area contributed by atoms with Crippen molar-refractivity contribution < 1.29 is 14.0 Å². The van der Waals surface area contributed by atoms with Crippen molar-refractivity contribution in [1.82, 2.24) is 15.1 Å². The molecule has 0 bridgehead atoms. The van der Waals surface area contributed by atoms with Gasteiger partial charge in [0, 0.05) is 26.1 Å². The van der Waals surface area contributed by atoms with Gasteiger partial charge in [0.15, 0.2) is 0 Å². The number of nitrogens with one attached hydrogen (secondary N) is 1. The van der Waals surface area contributed by atoms with Gasteiger partial charge in [-0.25, -0.2) is 4.39 Å². The van der Waals surface area contributed by atoms with Gasteiger partial charge < -0.3 is 15.1 Å². The Balaban J connectivity index is 1.79. The van der Waals surface area contributed by atoms with Crippen molar-refractivity contribution in [3.8, 4) is 0 Å². The fourth-order valence-electron chi connectivity index (χ4n) is 2.66. The summed E-state index contributed by atoms with van der Waals surface area (Å²) in [6.07, 6.45) is 1.14. The Morgan fingerprint density at radius 1 is 1.35 bits per heavy atom. The third-order valence-corrected chi connectivity index (χ3v) is 3.95. The fourth-order valence-corrected chi connectivity index (χ4v) is 2.66. The maximum Gasteiger partial charge on any atom is 0.225 e. The lowest BCUT2D eigenvalue weighted by atomic mass is 10.1. The smallest absolute Gasteiger partial charge is 0.225 e. The lowest BCUT2D eigenvalue weighted by Crippen LogP contribution is -2.34. The second-order valence-corrected chi connectivity index (χ2v) is 6.25. The van der Waals surface area contributed by atoms with Crippen LogP contribution in [0.25, 0.3) is 0 Å². The summed E-state index contributed by atoms with van der Waals surface area (Å²) in [7, 11) is 3.98. The first kappa shape index (κ1) is 17.4. The van der Waals surface area contributed by atoms with Crippen molar-refractivity contribution >= 4 is 11.8 Å². The molecule has 126 valence electrons. The lowest BCUT2D eigenvalue weighted by Gasteiger charge is -2.17. The van der Waals surface area contributed by atoms with E-state index in [1.165, 1.54) is 12.1 Å². The molecule has 0 saturated carbocycles. The molecule has 1 N–H and O–H groups in total. The van der Waals surface area contributed by atoms with Crippen molar-refractivity contribution in [2.75, 3.05) is 33.7 Å². The summed E-state index contributed by atoms with van der Waals surface area (Å²) in [6.45, 7) is 2.39. The summed E-state index contributed by atoms with van der Waals surface area (Å²) in [6, 6.07) is 6.09. The molecule has 0 aliphatic carbocycles. The number of hydrogen-bond donors (Lipinski definition) is 1. The molecule has 2 amide bonds. The zero-order valence-corrected chi connectivity index (χ0v) is 13.7. The Kier molecular flexibility index (Phi) is 6.10. The van der Waals surface area contributed by atoms with E-state index in [0.29, 0.717) is 19.6 Å². The summed E-state index contributed by atoms with van der Waals surface area (Å²) in [5, 5.41) is 2.90. The standard InChI is InChI=1S/C17H24FN3O2/c1-20(2)9-3-8-19-17(23)14-10-16(22)21(12-14)11-13-4-6-15(18)7-5-13/h4-7,14H,3,8-12H2,1-2H3,(H,19,23). The molecular formula is C17H24FN3O2. The largest absolute Gasteiger partial charge is 0.356 e. The molecule has 0 aromatic heterocycles. The van der Waals surface area contributed by atoms with Gasteiger partial charge >= 0.3 is 0 Å². The SMILES string of the molecule is CN(C)CCCNC(=O)C1CC(=O)N(Cc2ccc(F)cc2)C1. The number of likely N-dealkylation sites (tertiary alicyclic amines) is 1. The molecule has 1 fully saturated rings. The Hall–Kier alpha value is -1.95. The molecule has 0 spiro atoms. The fraction of sp³-hybridized carbons (Fsp3) is 0.529. The van der Waals surface area contributed by atoms with Crippen molar-refractivity contribution in [1.29, 1.82) is 0 Å². The average Bonchev–Trinajstić information content (AvgIpc) is 2.87. The normalized spacial score (nSPS) is 17.8. The van der Waals surface area contributed by atoms with Gasteiger partial charge in [0.05, 0.1) is 5.92 Å². The van der Waals surface area contributed by atoms with Crippen molar-refractivity contribution in [3.63, 3.8) is 0 Å². The van der Waals surface area contributed by atoms with E-state index in [4.69, 9.17) is 0 Å². The number of rotatable bonds is 7. The van der Waals surface area contributed by atoms with Crippen LogP contribution in [0.2, 0.25) is 0 Å². The molecule has 1 aromatic rings. The van der Waals surface area contributed by atoms with Gasteiger partial charge in [-0.2, -0.15) is 0 Å². The van der Waals surface area contributed by atoms with Crippen LogP contribution in [0.15, 0.2) is 24.3 Å². The van der Waals surface area contributed by atoms with Crippen LogP contribution in [-0.4, -0.2) is 55.3 Å². The van der Waals surface area contributed by atoms with Gasteiger partial charge in [-0.3, -0.25) is 9.59 Å². The Labute approximate surface area is 136 Å². The first-order valence-electron chi connectivity index (χ1n) is 7.90. The van der Waals surface area contributed by atoms with Gasteiger partial charge in [-0.1, -0.05) is 12.1 Å². The summed E-state index contributed by atoms with van der Waals surface area (Å²) in [4.78, 5) is 27.9. The highest BCUT2D eigenvalue weighted by Crippen LogP contribution is 2.20. The van der Waals surface area contributed by atoms with Gasteiger partial charge in [-0.15, -0.1) is 0 Å². The second kappa shape index (κ2) is 8.06. The molecule has 1 aliphatic heterocycles. The van der Waals surface area contributed by atoms with Gasteiger partial charge in [0.1, 0.15) is 5.82 Å². The van der Waals surface area contributed by atoms with Crippen LogP contribution in [0.5, 0.6) is 0 Å². The summed E-state index contributed by atoms with van der Waals surface area (Å²) in [5.41, 5.74) is 0.867. The number of benzene rings is 1. The van der Waals surface area contributed by atoms with Crippen molar-refractivity contribution in [3.05, 3.63) is 35.6 Å². The highest BCUT2D eigenvalue weighted by atomic mass is 19.1. The summed E-state index contributed by atoms with van der Waals surface area (Å²) >= 11 is 0. The van der Waals surface area contributed by atoms with Crippen LogP contribution in [0.1, 0.15) is 18.4 Å². The Morgan fingerprint density at radius 3 is 2.70 bits per heavy atom. The zero-order valence-electron chi connectivity index (χ0n) is 13.7. The average molecular weight is 321 g/mol. The molecule has 5 nitrogen and oxygen atoms in total. The highest BCUT2D eigenvalue weighted by Gasteiger charge is 2.33. The predicted octanol–water partition coefficient (Wildman–Crippen LogP) is 1.24. The van der Waals surface area contributed by atoms with E-state index in [0.717, 1.165) is 18.5 Å². The molecule has 1 aliphatic rings. The molecule has 2 rings (SSSR count). The molecule has 6 heteroatoms. The van der Waals surface area contributed by atoms with Crippen LogP contribution in [-0.2, 0) is 16.1 Å². The van der Waals surface area contributed by atoms with E-state index in [1.54, 1.807) is 17.0 Å². The monoisotopic (exact) mass is 321 g/mol. The van der Waals surface area contributed by atoms with Gasteiger partial charge in [0.2, 0.25) is 11.8 Å². The van der Waals surface area contributed by atoms with Crippen molar-refractivity contribution in [2.24, 2.45) is 5.92 Å². The molecule has 1 unspecified atom stereocenters. The topological polar surface area (TPSA) is 52.7 Å². The molecule has 1 heterocycles. The summed E-state index contributed by atoms with van der Waals surface area (Å²) in [5.74, 6) is -0.666. The number of nitrogens with zero attached hydrogens (tertiary/aromatic N) is 2. The van der Waals surface area contributed by atoms with E-state index >= 15 is 0 Å². The third-order valence-electron chi connectivity index (χ3n) is 3.95.